The summed E-state index contributed by atoms with van der Waals surface area (Å²) in [6, 6.07) is 5.44. The molecule has 0 saturated heterocycles. The highest BCUT2D eigenvalue weighted by atomic mass is 16.6. The summed E-state index contributed by atoms with van der Waals surface area (Å²) in [5.74, 6) is 0.535. The van der Waals surface area contributed by atoms with Crippen molar-refractivity contribution in [1.82, 2.24) is 5.32 Å². The van der Waals surface area contributed by atoms with E-state index in [1.165, 1.54) is 38.9 Å². The van der Waals surface area contributed by atoms with Gasteiger partial charge in [-0.3, -0.25) is 10.1 Å². The first kappa shape index (κ1) is 12.8. The number of benzene rings is 1. The molecule has 5 nitrogen and oxygen atoms in total. The summed E-state index contributed by atoms with van der Waals surface area (Å²) in [6.07, 6.45) is 4.95. The zero-order chi connectivity index (χ0) is 13.0. The van der Waals surface area contributed by atoms with E-state index >= 15 is 0 Å². The topological polar surface area (TPSA) is 64.4 Å². The van der Waals surface area contributed by atoms with Gasteiger partial charge in [0.2, 0.25) is 0 Å². The number of nitro groups is 1. The molecule has 1 N–H and O–H groups in total. The Morgan fingerprint density at radius 1 is 1.39 bits per heavy atom. The second kappa shape index (κ2) is 5.82. The Kier molecular flexibility index (Phi) is 4.15. The average Bonchev–Trinajstić information content (AvgIpc) is 2.89. The molecule has 5 heteroatoms. The van der Waals surface area contributed by atoms with Crippen molar-refractivity contribution >= 4 is 5.69 Å². The molecule has 0 heterocycles. The van der Waals surface area contributed by atoms with Crippen LogP contribution < -0.4 is 10.1 Å². The van der Waals surface area contributed by atoms with Crippen LogP contribution in [0.25, 0.3) is 0 Å². The quantitative estimate of drug-likeness (QED) is 0.644. The Bertz CT molecular complexity index is 428. The number of nitrogens with one attached hydrogen (secondary N) is 1. The third-order valence-corrected chi connectivity index (χ3v) is 3.35. The van der Waals surface area contributed by atoms with Gasteiger partial charge in [0.05, 0.1) is 18.1 Å². The second-order valence-corrected chi connectivity index (χ2v) is 4.66. The van der Waals surface area contributed by atoms with Gasteiger partial charge in [-0.1, -0.05) is 12.8 Å². The molecule has 0 bridgehead atoms. The van der Waals surface area contributed by atoms with Crippen LogP contribution in [-0.4, -0.2) is 18.1 Å². The first-order valence-corrected chi connectivity index (χ1v) is 6.25. The van der Waals surface area contributed by atoms with Gasteiger partial charge in [0, 0.05) is 18.7 Å². The van der Waals surface area contributed by atoms with E-state index in [4.69, 9.17) is 4.74 Å². The molecule has 1 fully saturated rings. The van der Waals surface area contributed by atoms with E-state index in [9.17, 15) is 10.1 Å². The Balaban J connectivity index is 2.05. The summed E-state index contributed by atoms with van der Waals surface area (Å²) >= 11 is 0. The molecule has 1 saturated carbocycles. The Hall–Kier alpha value is -1.62. The lowest BCUT2D eigenvalue weighted by Crippen LogP contribution is -2.25. The molecular formula is C13H18N2O3. The largest absolute Gasteiger partial charge is 0.496 e. The number of nitrogens with zero attached hydrogens (tertiary/aromatic N) is 1. The van der Waals surface area contributed by atoms with Crippen LogP contribution in [0.15, 0.2) is 18.2 Å². The van der Waals surface area contributed by atoms with Crippen LogP contribution in [0.1, 0.15) is 31.2 Å². The highest BCUT2D eigenvalue weighted by Crippen LogP contribution is 2.23. The van der Waals surface area contributed by atoms with E-state index in [1.807, 2.05) is 6.07 Å². The molecule has 0 atom stereocenters. The van der Waals surface area contributed by atoms with Crippen LogP contribution in [-0.2, 0) is 6.54 Å². The smallest absolute Gasteiger partial charge is 0.273 e. The molecule has 18 heavy (non-hydrogen) atoms. The molecule has 1 aliphatic rings. The number of non-ortho nitro benzene ring substituents is 1. The predicted molar refractivity (Wildman–Crippen MR) is 68.7 cm³/mol. The summed E-state index contributed by atoms with van der Waals surface area (Å²) in [5.41, 5.74) is 0.977. The predicted octanol–water partition coefficient (Wildman–Crippen LogP) is 2.64. The summed E-state index contributed by atoms with van der Waals surface area (Å²) in [6.45, 7) is 0.655. The maximum atomic E-state index is 10.8. The first-order chi connectivity index (χ1) is 8.69. The summed E-state index contributed by atoms with van der Waals surface area (Å²) in [4.78, 5) is 10.4. The first-order valence-electron chi connectivity index (χ1n) is 6.25. The van der Waals surface area contributed by atoms with Crippen molar-refractivity contribution < 1.29 is 9.66 Å². The number of nitro benzene ring substituents is 1. The molecule has 2 rings (SSSR count). The van der Waals surface area contributed by atoms with Gasteiger partial charge in [0.25, 0.3) is 5.69 Å². The van der Waals surface area contributed by atoms with Crippen molar-refractivity contribution in [3.05, 3.63) is 33.9 Å². The minimum Gasteiger partial charge on any atom is -0.496 e. The van der Waals surface area contributed by atoms with Gasteiger partial charge in [-0.05, 0) is 24.5 Å². The minimum absolute atomic E-state index is 0.0811. The Morgan fingerprint density at radius 3 is 2.72 bits per heavy atom. The Labute approximate surface area is 106 Å². The molecule has 1 aliphatic carbocycles. The van der Waals surface area contributed by atoms with E-state index in [0.29, 0.717) is 18.3 Å². The average molecular weight is 250 g/mol. The van der Waals surface area contributed by atoms with E-state index in [2.05, 4.69) is 5.32 Å². The number of methoxy groups -OCH3 is 1. The van der Waals surface area contributed by atoms with Crippen molar-refractivity contribution in [3.8, 4) is 5.75 Å². The van der Waals surface area contributed by atoms with Crippen molar-refractivity contribution in [3.63, 3.8) is 0 Å². The van der Waals surface area contributed by atoms with Crippen molar-refractivity contribution in [2.24, 2.45) is 0 Å². The van der Waals surface area contributed by atoms with Crippen LogP contribution in [0.3, 0.4) is 0 Å². The fraction of sp³-hybridized carbons (Fsp3) is 0.538. The molecule has 1 aromatic rings. The lowest BCUT2D eigenvalue weighted by atomic mass is 10.1. The number of rotatable bonds is 5. The minimum atomic E-state index is -0.387. The zero-order valence-electron chi connectivity index (χ0n) is 10.5. The van der Waals surface area contributed by atoms with Crippen LogP contribution in [0, 0.1) is 10.1 Å². The van der Waals surface area contributed by atoms with Gasteiger partial charge in [-0.25, -0.2) is 0 Å². The summed E-state index contributed by atoms with van der Waals surface area (Å²) in [5, 5.41) is 14.2. The van der Waals surface area contributed by atoms with E-state index in [0.717, 1.165) is 5.56 Å². The van der Waals surface area contributed by atoms with Crippen LogP contribution >= 0.6 is 0 Å². The highest BCUT2D eigenvalue weighted by Gasteiger charge is 2.15. The molecule has 0 amide bonds. The van der Waals surface area contributed by atoms with Crippen LogP contribution in [0.2, 0.25) is 0 Å². The van der Waals surface area contributed by atoms with Crippen LogP contribution in [0.4, 0.5) is 5.69 Å². The normalized spacial score (nSPS) is 15.8. The van der Waals surface area contributed by atoms with Gasteiger partial charge in [-0.2, -0.15) is 0 Å². The standard InChI is InChI=1S/C13H18N2O3/c1-18-13-7-10(6-12(8-13)15(16)17)9-14-11-4-2-3-5-11/h6-8,11,14H,2-5,9H2,1H3. The van der Waals surface area contributed by atoms with Gasteiger partial charge < -0.3 is 10.1 Å². The van der Waals surface area contributed by atoms with Gasteiger partial charge in [0.1, 0.15) is 5.75 Å². The molecule has 0 aliphatic heterocycles. The third-order valence-electron chi connectivity index (χ3n) is 3.35. The van der Waals surface area contributed by atoms with E-state index < -0.39 is 0 Å². The number of hydrogen-bond acceptors (Lipinski definition) is 4. The number of hydrogen-bond donors (Lipinski definition) is 1. The molecule has 0 spiro atoms. The lowest BCUT2D eigenvalue weighted by molar-refractivity contribution is -0.385. The number of ether oxygens (including phenoxy) is 1. The fourth-order valence-corrected chi connectivity index (χ4v) is 2.36. The molecule has 0 aromatic heterocycles. The molecule has 98 valence electrons. The molecule has 0 unspecified atom stereocenters. The molecular weight excluding hydrogens is 232 g/mol. The van der Waals surface area contributed by atoms with E-state index in [-0.39, 0.29) is 10.6 Å². The maximum Gasteiger partial charge on any atom is 0.273 e. The van der Waals surface area contributed by atoms with Crippen molar-refractivity contribution in [2.45, 2.75) is 38.3 Å². The molecule has 1 aromatic carbocycles. The third kappa shape index (κ3) is 3.20. The lowest BCUT2D eigenvalue weighted by Gasteiger charge is -2.12. The van der Waals surface area contributed by atoms with Gasteiger partial charge in [-0.15, -0.1) is 0 Å². The zero-order valence-corrected chi connectivity index (χ0v) is 10.5. The van der Waals surface area contributed by atoms with Crippen LogP contribution in [0.5, 0.6) is 5.75 Å². The van der Waals surface area contributed by atoms with E-state index in [1.54, 1.807) is 6.07 Å². The van der Waals surface area contributed by atoms with Gasteiger partial charge in [0.15, 0.2) is 0 Å². The van der Waals surface area contributed by atoms with Crippen molar-refractivity contribution in [2.75, 3.05) is 7.11 Å². The highest BCUT2D eigenvalue weighted by molar-refractivity contribution is 5.42. The summed E-state index contributed by atoms with van der Waals surface area (Å²) < 4.78 is 5.09. The monoisotopic (exact) mass is 250 g/mol. The Morgan fingerprint density at radius 2 is 2.11 bits per heavy atom. The second-order valence-electron chi connectivity index (χ2n) is 4.66. The molecule has 0 radical (unpaired) electrons. The maximum absolute atomic E-state index is 10.8. The van der Waals surface area contributed by atoms with Crippen molar-refractivity contribution in [1.29, 1.82) is 0 Å². The van der Waals surface area contributed by atoms with Gasteiger partial charge >= 0.3 is 0 Å². The SMILES string of the molecule is COc1cc(CNC2CCCC2)cc([N+](=O)[O-])c1. The fourth-order valence-electron chi connectivity index (χ4n) is 2.36. The summed E-state index contributed by atoms with van der Waals surface area (Å²) in [7, 11) is 1.52.